The monoisotopic (exact) mass is 399 g/mol. The molecule has 4 N–H and O–H groups in total. The zero-order valence-corrected chi connectivity index (χ0v) is 16.3. The largest absolute Gasteiger partial charge is 0.473 e. The number of likely N-dealkylation sites (N-methyl/N-ethyl adjacent to an activating group) is 1. The van der Waals surface area contributed by atoms with E-state index >= 15 is 0 Å². The fraction of sp³-hybridized carbons (Fsp3) is 0.412. The van der Waals surface area contributed by atoms with Crippen molar-refractivity contribution in [3.8, 4) is 0 Å². The van der Waals surface area contributed by atoms with Gasteiger partial charge >= 0.3 is 11.9 Å². The Morgan fingerprint density at radius 2 is 1.78 bits per heavy atom. The smallest absolute Gasteiger partial charge is 0.414 e. The van der Waals surface area contributed by atoms with Gasteiger partial charge in [0.05, 0.1) is 6.26 Å². The molecule has 0 amide bonds. The molecule has 0 saturated carbocycles. The molecule has 9 nitrogen and oxygen atoms in total. The Balaban J connectivity index is 0.000000527. The van der Waals surface area contributed by atoms with Gasteiger partial charge in [-0.15, -0.1) is 0 Å². The van der Waals surface area contributed by atoms with Gasteiger partial charge in [-0.05, 0) is 50.2 Å². The zero-order chi connectivity index (χ0) is 20.6. The van der Waals surface area contributed by atoms with Crippen molar-refractivity contribution in [1.82, 2.24) is 14.6 Å². The van der Waals surface area contributed by atoms with Gasteiger partial charge in [0.1, 0.15) is 0 Å². The predicted octanol–water partition coefficient (Wildman–Crippen LogP) is 0.519. The number of aromatic amines is 1. The molecule has 2 aromatic rings. The number of aromatic nitrogens is 1. The van der Waals surface area contributed by atoms with E-state index in [1.54, 1.807) is 0 Å². The van der Waals surface area contributed by atoms with E-state index in [1.807, 2.05) is 6.07 Å². The molecule has 1 heterocycles. The molecule has 150 valence electrons. The lowest BCUT2D eigenvalue weighted by atomic mass is 10.1. The molecular formula is C17H25N3O6S. The van der Waals surface area contributed by atoms with E-state index in [0.29, 0.717) is 13.0 Å². The molecule has 27 heavy (non-hydrogen) atoms. The highest BCUT2D eigenvalue weighted by atomic mass is 32.2. The number of benzene rings is 1. The molecule has 0 atom stereocenters. The molecule has 10 heteroatoms. The lowest BCUT2D eigenvalue weighted by Crippen LogP contribution is -2.24. The van der Waals surface area contributed by atoms with Crippen molar-refractivity contribution < 1.29 is 28.2 Å². The van der Waals surface area contributed by atoms with Crippen LogP contribution < -0.4 is 4.72 Å². The van der Waals surface area contributed by atoms with Crippen LogP contribution in [0, 0.1) is 0 Å². The van der Waals surface area contributed by atoms with Crippen molar-refractivity contribution in [2.75, 3.05) is 33.4 Å². The average molecular weight is 399 g/mol. The maximum atomic E-state index is 11.1. The zero-order valence-electron chi connectivity index (χ0n) is 15.5. The number of carboxylic acids is 2. The molecule has 0 aliphatic rings. The van der Waals surface area contributed by atoms with Crippen molar-refractivity contribution >= 4 is 32.9 Å². The summed E-state index contributed by atoms with van der Waals surface area (Å²) in [6.07, 6.45) is 4.94. The fourth-order valence-electron chi connectivity index (χ4n) is 2.31. The van der Waals surface area contributed by atoms with Crippen molar-refractivity contribution in [2.24, 2.45) is 0 Å². The molecule has 1 aromatic heterocycles. The van der Waals surface area contributed by atoms with Gasteiger partial charge < -0.3 is 20.1 Å². The summed E-state index contributed by atoms with van der Waals surface area (Å²) in [7, 11) is 1.02. The van der Waals surface area contributed by atoms with E-state index < -0.39 is 22.0 Å². The first kappa shape index (κ1) is 22.6. The number of carbonyl (C=O) groups is 2. The van der Waals surface area contributed by atoms with Gasteiger partial charge in [-0.25, -0.2) is 22.7 Å². The van der Waals surface area contributed by atoms with Crippen molar-refractivity contribution in [3.05, 3.63) is 35.5 Å². The topological polar surface area (TPSA) is 140 Å². The predicted molar refractivity (Wildman–Crippen MR) is 102 cm³/mol. The Bertz CT molecular complexity index is 877. The maximum Gasteiger partial charge on any atom is 0.414 e. The van der Waals surface area contributed by atoms with Crippen LogP contribution in [-0.2, 0) is 32.5 Å². The van der Waals surface area contributed by atoms with Gasteiger partial charge in [-0.3, -0.25) is 0 Å². The molecule has 0 aliphatic heterocycles. The van der Waals surface area contributed by atoms with E-state index in [1.165, 1.54) is 17.2 Å². The van der Waals surface area contributed by atoms with Gasteiger partial charge in [0.25, 0.3) is 0 Å². The van der Waals surface area contributed by atoms with Gasteiger partial charge in [-0.2, -0.15) is 0 Å². The first-order valence-corrected chi connectivity index (χ1v) is 10.0. The second-order valence-electron chi connectivity index (χ2n) is 6.27. The fourth-order valence-corrected chi connectivity index (χ4v) is 2.79. The number of nitrogens with one attached hydrogen (secondary N) is 2. The normalized spacial score (nSPS) is 11.3. The third kappa shape index (κ3) is 8.67. The van der Waals surface area contributed by atoms with E-state index in [9.17, 15) is 8.42 Å². The third-order valence-electron chi connectivity index (χ3n) is 3.62. The molecular weight excluding hydrogens is 374 g/mol. The first-order valence-electron chi connectivity index (χ1n) is 8.14. The quantitative estimate of drug-likeness (QED) is 0.498. The van der Waals surface area contributed by atoms with E-state index in [-0.39, 0.29) is 0 Å². The molecule has 0 bridgehead atoms. The average Bonchev–Trinajstić information content (AvgIpc) is 2.94. The summed E-state index contributed by atoms with van der Waals surface area (Å²) >= 11 is 0. The molecule has 0 radical (unpaired) electrons. The highest BCUT2D eigenvalue weighted by Crippen LogP contribution is 2.20. The van der Waals surface area contributed by atoms with Crippen LogP contribution in [0.15, 0.2) is 24.4 Å². The minimum atomic E-state index is -3.11. The van der Waals surface area contributed by atoms with Crippen LogP contribution in [0.5, 0.6) is 0 Å². The van der Waals surface area contributed by atoms with Crippen LogP contribution in [0.1, 0.15) is 11.1 Å². The highest BCUT2D eigenvalue weighted by Gasteiger charge is 2.06. The van der Waals surface area contributed by atoms with Crippen LogP contribution in [0.25, 0.3) is 10.9 Å². The summed E-state index contributed by atoms with van der Waals surface area (Å²) in [6.45, 7) is 1.44. The Kier molecular flexibility index (Phi) is 8.41. The number of H-pyrrole nitrogens is 1. The minimum Gasteiger partial charge on any atom is -0.473 e. The molecule has 1 aromatic carbocycles. The number of fused-ring (bicyclic) bond motifs is 1. The number of aliphatic carboxylic acids is 2. The number of nitrogens with zero attached hydrogens (tertiary/aromatic N) is 1. The van der Waals surface area contributed by atoms with Gasteiger partial charge in [0.2, 0.25) is 10.0 Å². The van der Waals surface area contributed by atoms with Gasteiger partial charge in [0.15, 0.2) is 0 Å². The Hall–Kier alpha value is -2.43. The number of hydrogen-bond acceptors (Lipinski definition) is 5. The van der Waals surface area contributed by atoms with Gasteiger partial charge in [0, 0.05) is 30.2 Å². The van der Waals surface area contributed by atoms with E-state index in [0.717, 1.165) is 24.0 Å². The summed E-state index contributed by atoms with van der Waals surface area (Å²) in [5.74, 6) is -3.65. The van der Waals surface area contributed by atoms with Crippen molar-refractivity contribution in [1.29, 1.82) is 0 Å². The standard InChI is InChI=1S/C15H23N3O2S.C2H2O4/c1-18(2)9-7-13-11-16-15-5-4-12(10-14(13)15)6-8-17-21(3,19)20;3-1(4)2(5)6/h4-5,10-11,16-17H,6-9H2,1-3H3;(H,3,4)(H,5,6). The first-order chi connectivity index (χ1) is 12.5. The third-order valence-corrected chi connectivity index (χ3v) is 4.35. The molecule has 0 aliphatic carbocycles. The number of rotatable bonds is 7. The van der Waals surface area contributed by atoms with Crippen LogP contribution in [0.3, 0.4) is 0 Å². The highest BCUT2D eigenvalue weighted by molar-refractivity contribution is 7.88. The molecule has 2 rings (SSSR count). The summed E-state index contributed by atoms with van der Waals surface area (Å²) in [6, 6.07) is 6.25. The second kappa shape index (κ2) is 10.0. The number of carboxylic acid groups (broad SMARTS) is 2. The van der Waals surface area contributed by atoms with E-state index in [4.69, 9.17) is 19.8 Å². The lowest BCUT2D eigenvalue weighted by molar-refractivity contribution is -0.159. The van der Waals surface area contributed by atoms with Crippen LogP contribution in [0.2, 0.25) is 0 Å². The van der Waals surface area contributed by atoms with E-state index in [2.05, 4.69) is 47.0 Å². The summed E-state index contributed by atoms with van der Waals surface area (Å²) in [5.41, 5.74) is 3.57. The van der Waals surface area contributed by atoms with Gasteiger partial charge in [-0.1, -0.05) is 6.07 Å². The molecule has 0 fully saturated rings. The summed E-state index contributed by atoms with van der Waals surface area (Å²) in [5, 5.41) is 16.0. The minimum absolute atomic E-state index is 0.432. The van der Waals surface area contributed by atoms with Crippen LogP contribution in [-0.4, -0.2) is 73.9 Å². The molecule has 0 spiro atoms. The Morgan fingerprint density at radius 1 is 1.15 bits per heavy atom. The van der Waals surface area contributed by atoms with Crippen LogP contribution in [0.4, 0.5) is 0 Å². The Labute approximate surface area is 158 Å². The lowest BCUT2D eigenvalue weighted by Gasteiger charge is -2.08. The SMILES string of the molecule is CN(C)CCc1c[nH]c2ccc(CCNS(C)(=O)=O)cc12.O=C(O)C(=O)O. The number of sulfonamides is 1. The number of hydrogen-bond donors (Lipinski definition) is 4. The molecule has 0 unspecified atom stereocenters. The summed E-state index contributed by atoms with van der Waals surface area (Å²) in [4.78, 5) is 23.7. The maximum absolute atomic E-state index is 11.1. The van der Waals surface area contributed by atoms with Crippen molar-refractivity contribution in [2.45, 2.75) is 12.8 Å². The Morgan fingerprint density at radius 3 is 2.30 bits per heavy atom. The second-order valence-corrected chi connectivity index (χ2v) is 8.11. The summed E-state index contributed by atoms with van der Waals surface area (Å²) < 4.78 is 24.7. The van der Waals surface area contributed by atoms with Crippen LogP contribution >= 0.6 is 0 Å². The molecule has 0 saturated heterocycles. The van der Waals surface area contributed by atoms with Crippen molar-refractivity contribution in [3.63, 3.8) is 0 Å².